The average molecular weight is 601 g/mol. The molecule has 0 radical (unpaired) electrons. The molecule has 1 aliphatic rings. The second-order valence-corrected chi connectivity index (χ2v) is 16.2. The molecule has 0 saturated carbocycles. The summed E-state index contributed by atoms with van der Waals surface area (Å²) in [6.07, 6.45) is 1.21. The second kappa shape index (κ2) is 12.4. The van der Waals surface area contributed by atoms with Crippen LogP contribution in [0.3, 0.4) is 0 Å². The van der Waals surface area contributed by atoms with Crippen LogP contribution in [0.1, 0.15) is 39.0 Å². The van der Waals surface area contributed by atoms with Crippen LogP contribution in [0.15, 0.2) is 119 Å². The van der Waals surface area contributed by atoms with Crippen molar-refractivity contribution in [3.8, 4) is 0 Å². The molecule has 9 heteroatoms. The van der Waals surface area contributed by atoms with Gasteiger partial charge in [-0.05, 0) is 21.0 Å². The number of aromatic amines is 1. The summed E-state index contributed by atoms with van der Waals surface area (Å²) in [4.78, 5) is 26.5. The Bertz CT molecular complexity index is 1610. The minimum absolute atomic E-state index is 0.0698. The van der Waals surface area contributed by atoms with E-state index in [1.165, 1.54) is 0 Å². The summed E-state index contributed by atoms with van der Waals surface area (Å²) in [6.45, 7) is 11.0. The minimum Gasteiger partial charge on any atom is -0.404 e. The third-order valence-corrected chi connectivity index (χ3v) is 13.1. The Hall–Kier alpha value is -3.89. The SMILES string of the molecule is C=C[C@]1(CO[Si](c2ccccc2)(c2ccccc2)C(C)(C)C)O[C@@H](n2cc(F)c(=O)[nH]c2=O)C[C@@H]1OCc1ccccc1. The van der Waals surface area contributed by atoms with E-state index >= 15 is 0 Å². The Morgan fingerprint density at radius 3 is 2.09 bits per heavy atom. The third kappa shape index (κ3) is 5.99. The van der Waals surface area contributed by atoms with Crippen molar-refractivity contribution >= 4 is 18.7 Å². The molecule has 0 bridgehead atoms. The van der Waals surface area contributed by atoms with E-state index < -0.39 is 43.3 Å². The number of benzene rings is 3. The molecule has 1 N–H and O–H groups in total. The predicted octanol–water partition coefficient (Wildman–Crippen LogP) is 4.68. The predicted molar refractivity (Wildman–Crippen MR) is 168 cm³/mol. The Kier molecular flexibility index (Phi) is 8.80. The normalized spacial score (nSPS) is 20.7. The number of nitrogens with one attached hydrogen (secondary N) is 1. The van der Waals surface area contributed by atoms with Gasteiger partial charge in [-0.25, -0.2) is 4.79 Å². The molecule has 2 heterocycles. The van der Waals surface area contributed by atoms with Crippen molar-refractivity contribution in [2.45, 2.75) is 56.8 Å². The summed E-state index contributed by atoms with van der Waals surface area (Å²) >= 11 is 0. The Labute approximate surface area is 251 Å². The molecule has 0 unspecified atom stereocenters. The van der Waals surface area contributed by atoms with E-state index in [0.717, 1.165) is 26.7 Å². The van der Waals surface area contributed by atoms with Gasteiger partial charge in [0.15, 0.2) is 0 Å². The van der Waals surface area contributed by atoms with Crippen LogP contribution in [0.25, 0.3) is 0 Å². The number of hydrogen-bond acceptors (Lipinski definition) is 5. The molecular weight excluding hydrogens is 563 g/mol. The molecule has 3 aromatic carbocycles. The molecule has 1 aliphatic heterocycles. The van der Waals surface area contributed by atoms with Crippen molar-refractivity contribution in [2.75, 3.05) is 6.61 Å². The van der Waals surface area contributed by atoms with Gasteiger partial charge in [-0.1, -0.05) is 118 Å². The highest BCUT2D eigenvalue weighted by Crippen LogP contribution is 2.43. The van der Waals surface area contributed by atoms with Crippen LogP contribution in [0, 0.1) is 5.82 Å². The van der Waals surface area contributed by atoms with Gasteiger partial charge in [0.25, 0.3) is 13.9 Å². The summed E-state index contributed by atoms with van der Waals surface area (Å²) < 4.78 is 35.7. The maximum Gasteiger partial charge on any atom is 0.330 e. The zero-order valence-electron chi connectivity index (χ0n) is 24.7. The van der Waals surface area contributed by atoms with Crippen LogP contribution < -0.4 is 21.6 Å². The summed E-state index contributed by atoms with van der Waals surface area (Å²) in [5.41, 5.74) is -2.09. The maximum atomic E-state index is 14.3. The first-order valence-corrected chi connectivity index (χ1v) is 16.2. The van der Waals surface area contributed by atoms with Gasteiger partial charge in [-0.2, -0.15) is 4.39 Å². The van der Waals surface area contributed by atoms with Crippen molar-refractivity contribution in [1.82, 2.24) is 9.55 Å². The molecule has 4 aromatic rings. The lowest BCUT2D eigenvalue weighted by atomic mass is 9.97. The summed E-state index contributed by atoms with van der Waals surface area (Å²) in [6, 6.07) is 30.2. The highest BCUT2D eigenvalue weighted by molar-refractivity contribution is 6.99. The van der Waals surface area contributed by atoms with Crippen molar-refractivity contribution in [2.24, 2.45) is 0 Å². The van der Waals surface area contributed by atoms with E-state index in [-0.39, 0.29) is 24.7 Å². The highest BCUT2D eigenvalue weighted by Gasteiger charge is 2.55. The second-order valence-electron chi connectivity index (χ2n) is 11.8. The van der Waals surface area contributed by atoms with Crippen molar-refractivity contribution in [3.63, 3.8) is 0 Å². The number of aromatic nitrogens is 2. The number of halogens is 1. The first kappa shape index (κ1) is 30.6. The van der Waals surface area contributed by atoms with Crippen molar-refractivity contribution in [1.29, 1.82) is 0 Å². The van der Waals surface area contributed by atoms with E-state index in [9.17, 15) is 14.0 Å². The quantitative estimate of drug-likeness (QED) is 0.211. The molecule has 0 spiro atoms. The average Bonchev–Trinajstić information content (AvgIpc) is 3.37. The monoisotopic (exact) mass is 600 g/mol. The van der Waals surface area contributed by atoms with Gasteiger partial charge in [0, 0.05) is 6.42 Å². The van der Waals surface area contributed by atoms with Gasteiger partial charge in [0.2, 0.25) is 5.82 Å². The molecule has 1 saturated heterocycles. The lowest BCUT2D eigenvalue weighted by molar-refractivity contribution is -0.112. The van der Waals surface area contributed by atoms with Gasteiger partial charge in [0.1, 0.15) is 11.8 Å². The van der Waals surface area contributed by atoms with Crippen LogP contribution in [-0.2, 0) is 20.5 Å². The first-order chi connectivity index (χ1) is 20.6. The fraction of sp³-hybridized carbons (Fsp3) is 0.294. The molecule has 1 aromatic heterocycles. The molecule has 1 fully saturated rings. The summed E-state index contributed by atoms with van der Waals surface area (Å²) in [5.74, 6) is -1.08. The van der Waals surface area contributed by atoms with Crippen LogP contribution in [-0.4, -0.2) is 36.2 Å². The van der Waals surface area contributed by atoms with E-state index in [1.54, 1.807) is 6.08 Å². The fourth-order valence-corrected chi connectivity index (χ4v) is 10.5. The fourth-order valence-electron chi connectivity index (χ4n) is 5.93. The van der Waals surface area contributed by atoms with Gasteiger partial charge >= 0.3 is 5.69 Å². The number of nitrogens with zero attached hydrogens (tertiary/aromatic N) is 1. The zero-order chi connectivity index (χ0) is 30.7. The lowest BCUT2D eigenvalue weighted by Gasteiger charge is -2.45. The van der Waals surface area contributed by atoms with E-state index in [2.05, 4.69) is 51.6 Å². The number of H-pyrrole nitrogens is 1. The maximum absolute atomic E-state index is 14.3. The molecule has 5 rings (SSSR count). The largest absolute Gasteiger partial charge is 0.404 e. The lowest BCUT2D eigenvalue weighted by Crippen LogP contribution is -2.68. The Morgan fingerprint density at radius 1 is 1.00 bits per heavy atom. The highest BCUT2D eigenvalue weighted by atomic mass is 28.4. The molecule has 43 heavy (non-hydrogen) atoms. The number of hydrogen-bond donors (Lipinski definition) is 1. The van der Waals surface area contributed by atoms with Crippen molar-refractivity contribution < 1.29 is 18.3 Å². The van der Waals surface area contributed by atoms with Gasteiger partial charge in [0.05, 0.1) is 25.5 Å². The Morgan fingerprint density at radius 2 is 1.56 bits per heavy atom. The molecule has 7 nitrogen and oxygen atoms in total. The van der Waals surface area contributed by atoms with E-state index in [1.807, 2.05) is 71.7 Å². The van der Waals surface area contributed by atoms with Gasteiger partial charge in [-0.15, -0.1) is 6.58 Å². The summed E-state index contributed by atoms with van der Waals surface area (Å²) in [5, 5.41) is 1.90. The Balaban J connectivity index is 1.57. The van der Waals surface area contributed by atoms with Gasteiger partial charge < -0.3 is 13.9 Å². The topological polar surface area (TPSA) is 82.5 Å². The number of ether oxygens (including phenoxy) is 2. The summed E-state index contributed by atoms with van der Waals surface area (Å²) in [7, 11) is -2.98. The van der Waals surface area contributed by atoms with Crippen LogP contribution >= 0.6 is 0 Å². The zero-order valence-corrected chi connectivity index (χ0v) is 25.7. The van der Waals surface area contributed by atoms with Crippen molar-refractivity contribution in [3.05, 3.63) is 142 Å². The smallest absolute Gasteiger partial charge is 0.330 e. The first-order valence-electron chi connectivity index (χ1n) is 14.3. The van der Waals surface area contributed by atoms with Crippen LogP contribution in [0.4, 0.5) is 4.39 Å². The van der Waals surface area contributed by atoms with Crippen LogP contribution in [0.5, 0.6) is 0 Å². The molecule has 0 aliphatic carbocycles. The standard InChI is InChI=1S/C34H37FN2O5Si/c1-5-34(24-41-43(33(2,3)4,26-17-11-7-12-18-26)27-19-13-8-14-20-27)29(40-23-25-15-9-6-10-16-25)21-30(42-34)37-22-28(35)31(38)36-32(37)39/h5-20,22,29-30H,1,21,23-24H2,2-4H3,(H,36,38,39)/t29-,30+,34+/m0/s1. The number of rotatable bonds is 10. The molecule has 3 atom stereocenters. The molecular formula is C34H37FN2O5Si. The third-order valence-electron chi connectivity index (χ3n) is 8.12. The van der Waals surface area contributed by atoms with E-state index in [0.29, 0.717) is 0 Å². The van der Waals surface area contributed by atoms with Crippen LogP contribution in [0.2, 0.25) is 5.04 Å². The minimum atomic E-state index is -2.98. The molecule has 0 amide bonds. The van der Waals surface area contributed by atoms with Gasteiger partial charge in [-0.3, -0.25) is 14.3 Å². The van der Waals surface area contributed by atoms with E-state index in [4.69, 9.17) is 13.9 Å². The molecule has 224 valence electrons.